The number of alkyl halides is 2. The molecule has 0 saturated carbocycles. The first-order valence-corrected chi connectivity index (χ1v) is 11.3. The van der Waals surface area contributed by atoms with Gasteiger partial charge in [0, 0.05) is 11.8 Å². The number of carbonyl (C=O) groups excluding carboxylic acids is 1. The Morgan fingerprint density at radius 2 is 1.97 bits per heavy atom. The van der Waals surface area contributed by atoms with E-state index >= 15 is 0 Å². The van der Waals surface area contributed by atoms with Gasteiger partial charge < -0.3 is 10.1 Å². The molecule has 0 bridgehead atoms. The largest absolute Gasteiger partial charge is 0.496 e. The van der Waals surface area contributed by atoms with Crippen LogP contribution >= 0.6 is 11.6 Å². The van der Waals surface area contributed by atoms with Gasteiger partial charge in [-0.3, -0.25) is 9.48 Å². The number of nitrogens with one attached hydrogen (secondary N) is 1. The lowest BCUT2D eigenvalue weighted by atomic mass is 10.1. The summed E-state index contributed by atoms with van der Waals surface area (Å²) < 4.78 is 49.0. The number of anilines is 1. The Morgan fingerprint density at radius 3 is 2.73 bits per heavy atom. The van der Waals surface area contributed by atoms with E-state index in [-0.39, 0.29) is 40.1 Å². The summed E-state index contributed by atoms with van der Waals surface area (Å²) in [7, 11) is 1.46. The topological polar surface area (TPSA) is 86.3 Å². The van der Waals surface area contributed by atoms with E-state index in [9.17, 15) is 18.0 Å². The average molecular weight is 527 g/mol. The van der Waals surface area contributed by atoms with E-state index in [1.54, 1.807) is 36.4 Å². The summed E-state index contributed by atoms with van der Waals surface area (Å²) in [6.07, 6.45) is -0.263. The third-order valence-electron chi connectivity index (χ3n) is 5.53. The van der Waals surface area contributed by atoms with Gasteiger partial charge in [0.1, 0.15) is 27.8 Å². The number of aromatic nitrogens is 5. The predicted octanol–water partition coefficient (Wildman–Crippen LogP) is 5.63. The zero-order chi connectivity index (χ0) is 26.1. The molecule has 0 spiro atoms. The Labute approximate surface area is 213 Å². The van der Waals surface area contributed by atoms with Crippen molar-refractivity contribution in [3.05, 3.63) is 94.7 Å². The molecule has 1 N–H and O–H groups in total. The van der Waals surface area contributed by atoms with Gasteiger partial charge in [-0.25, -0.2) is 22.7 Å². The highest BCUT2D eigenvalue weighted by molar-refractivity contribution is 6.33. The molecule has 0 atom stereocenters. The molecule has 2 aromatic carbocycles. The van der Waals surface area contributed by atoms with Crippen molar-refractivity contribution in [2.45, 2.75) is 13.0 Å². The lowest BCUT2D eigenvalue weighted by Crippen LogP contribution is -2.14. The molecule has 0 radical (unpaired) electrons. The lowest BCUT2D eigenvalue weighted by Gasteiger charge is -2.11. The van der Waals surface area contributed by atoms with E-state index in [1.807, 2.05) is 0 Å². The highest BCUT2D eigenvalue weighted by Gasteiger charge is 2.23. The zero-order valence-electron chi connectivity index (χ0n) is 19.2. The summed E-state index contributed by atoms with van der Waals surface area (Å²) in [6, 6.07) is 14.0. The quantitative estimate of drug-likeness (QED) is 0.297. The molecule has 12 heteroatoms. The maximum atomic E-state index is 13.9. The second-order valence-corrected chi connectivity index (χ2v) is 8.38. The van der Waals surface area contributed by atoms with Crippen molar-refractivity contribution in [2.75, 3.05) is 12.4 Å². The number of benzene rings is 2. The third-order valence-corrected chi connectivity index (χ3v) is 5.81. The number of halogens is 4. The second kappa shape index (κ2) is 9.94. The first-order valence-electron chi connectivity index (χ1n) is 10.9. The summed E-state index contributed by atoms with van der Waals surface area (Å²) in [5.41, 5.74) is 0.726. The molecule has 1 amide bonds. The SMILES string of the molecule is COc1ccccc1-c1cc(C(F)F)n2ncc(C(=O)Nc3nn(Cc4cccc(F)c4)cc3Cl)c2n1. The van der Waals surface area contributed by atoms with Crippen molar-refractivity contribution >= 4 is 29.0 Å². The van der Waals surface area contributed by atoms with E-state index in [0.29, 0.717) is 16.9 Å². The molecule has 0 saturated heterocycles. The van der Waals surface area contributed by atoms with Gasteiger partial charge in [0.05, 0.1) is 25.5 Å². The molecule has 188 valence electrons. The average Bonchev–Trinajstić information content (AvgIpc) is 3.46. The summed E-state index contributed by atoms with van der Waals surface area (Å²) in [4.78, 5) is 17.6. The number of hydrogen-bond donors (Lipinski definition) is 1. The number of methoxy groups -OCH3 is 1. The molecule has 3 aromatic heterocycles. The Hall–Kier alpha value is -4.38. The zero-order valence-corrected chi connectivity index (χ0v) is 20.0. The highest BCUT2D eigenvalue weighted by Crippen LogP contribution is 2.32. The smallest absolute Gasteiger partial charge is 0.280 e. The monoisotopic (exact) mass is 526 g/mol. The molecular weight excluding hydrogens is 509 g/mol. The number of carbonyl (C=O) groups is 1. The number of ether oxygens (including phenoxy) is 1. The summed E-state index contributed by atoms with van der Waals surface area (Å²) in [5, 5.41) is 10.9. The summed E-state index contributed by atoms with van der Waals surface area (Å²) in [5.74, 6) is -0.614. The van der Waals surface area contributed by atoms with Crippen LogP contribution in [0.4, 0.5) is 19.0 Å². The van der Waals surface area contributed by atoms with Crippen molar-refractivity contribution in [3.8, 4) is 17.0 Å². The molecule has 0 aliphatic rings. The molecule has 0 aliphatic heterocycles. The van der Waals surface area contributed by atoms with E-state index < -0.39 is 18.0 Å². The van der Waals surface area contributed by atoms with Gasteiger partial charge in [0.2, 0.25) is 0 Å². The van der Waals surface area contributed by atoms with Crippen molar-refractivity contribution in [1.29, 1.82) is 0 Å². The third kappa shape index (κ3) is 4.85. The van der Waals surface area contributed by atoms with Gasteiger partial charge in [-0.1, -0.05) is 35.9 Å². The number of nitrogens with zero attached hydrogens (tertiary/aromatic N) is 5. The molecule has 5 aromatic rings. The second-order valence-electron chi connectivity index (χ2n) is 7.97. The van der Waals surface area contributed by atoms with E-state index in [4.69, 9.17) is 16.3 Å². The van der Waals surface area contributed by atoms with Crippen LogP contribution < -0.4 is 10.1 Å². The summed E-state index contributed by atoms with van der Waals surface area (Å²) in [6.45, 7) is 0.214. The maximum absolute atomic E-state index is 13.9. The number of fused-ring (bicyclic) bond motifs is 1. The van der Waals surface area contributed by atoms with Gasteiger partial charge in [-0.15, -0.1) is 0 Å². The Morgan fingerprint density at radius 1 is 1.16 bits per heavy atom. The van der Waals surface area contributed by atoms with Crippen LogP contribution in [-0.2, 0) is 6.54 Å². The highest BCUT2D eigenvalue weighted by atomic mass is 35.5. The fourth-order valence-electron chi connectivity index (χ4n) is 3.86. The number of hydrogen-bond acceptors (Lipinski definition) is 5. The lowest BCUT2D eigenvalue weighted by molar-refractivity contribution is 0.102. The van der Waals surface area contributed by atoms with Crippen molar-refractivity contribution in [2.24, 2.45) is 0 Å². The fourth-order valence-corrected chi connectivity index (χ4v) is 4.05. The van der Waals surface area contributed by atoms with Crippen LogP contribution in [0, 0.1) is 5.82 Å². The van der Waals surface area contributed by atoms with Crippen molar-refractivity contribution in [3.63, 3.8) is 0 Å². The number of amides is 1. The van der Waals surface area contributed by atoms with Gasteiger partial charge in [-0.05, 0) is 35.9 Å². The molecule has 37 heavy (non-hydrogen) atoms. The maximum Gasteiger partial charge on any atom is 0.280 e. The standard InChI is InChI=1S/C25H18ClF3N6O2/c1-37-21-8-3-2-7-16(21)19-10-20(22(28)29)35-24(31-19)17(11-30-35)25(36)32-23-18(26)13-34(33-23)12-14-5-4-6-15(27)9-14/h2-11,13,22H,12H2,1H3,(H,32,33,36). The molecule has 8 nitrogen and oxygen atoms in total. The van der Waals surface area contributed by atoms with Gasteiger partial charge >= 0.3 is 0 Å². The minimum Gasteiger partial charge on any atom is -0.496 e. The predicted molar refractivity (Wildman–Crippen MR) is 131 cm³/mol. The number of para-hydroxylation sites is 1. The van der Waals surface area contributed by atoms with Gasteiger partial charge in [0.15, 0.2) is 11.5 Å². The van der Waals surface area contributed by atoms with E-state index in [2.05, 4.69) is 20.5 Å². The Balaban J connectivity index is 1.49. The van der Waals surface area contributed by atoms with Crippen LogP contribution in [0.1, 0.15) is 28.0 Å². The molecule has 0 unspecified atom stereocenters. The molecule has 5 rings (SSSR count). The molecule has 3 heterocycles. The van der Waals surface area contributed by atoms with Crippen molar-refractivity contribution in [1.82, 2.24) is 24.4 Å². The van der Waals surface area contributed by atoms with Crippen LogP contribution in [0.25, 0.3) is 16.9 Å². The minimum absolute atomic E-state index is 0.0392. The van der Waals surface area contributed by atoms with Crippen LogP contribution in [0.2, 0.25) is 5.02 Å². The molecular formula is C25H18ClF3N6O2. The first-order chi connectivity index (χ1) is 17.8. The normalized spacial score (nSPS) is 11.3. The van der Waals surface area contributed by atoms with Crippen LogP contribution in [0.15, 0.2) is 67.0 Å². The van der Waals surface area contributed by atoms with Crippen molar-refractivity contribution < 1.29 is 22.7 Å². The summed E-state index contributed by atoms with van der Waals surface area (Å²) >= 11 is 6.25. The van der Waals surface area contributed by atoms with Gasteiger partial charge in [0.25, 0.3) is 12.3 Å². The molecule has 0 aliphatic carbocycles. The van der Waals surface area contributed by atoms with Crippen LogP contribution in [-0.4, -0.2) is 37.4 Å². The van der Waals surface area contributed by atoms with Crippen LogP contribution in [0.3, 0.4) is 0 Å². The minimum atomic E-state index is -2.89. The van der Waals surface area contributed by atoms with Gasteiger partial charge in [-0.2, -0.15) is 10.2 Å². The number of rotatable bonds is 7. The fraction of sp³-hybridized carbons (Fsp3) is 0.120. The Kier molecular flexibility index (Phi) is 6.53. The van der Waals surface area contributed by atoms with E-state index in [1.165, 1.54) is 36.2 Å². The van der Waals surface area contributed by atoms with E-state index in [0.717, 1.165) is 10.7 Å². The first kappa shape index (κ1) is 24.3. The van der Waals surface area contributed by atoms with Crippen LogP contribution in [0.5, 0.6) is 5.75 Å². The Bertz CT molecular complexity index is 1620. The molecule has 0 fully saturated rings.